The summed E-state index contributed by atoms with van der Waals surface area (Å²) in [6.07, 6.45) is 5.29. The Morgan fingerprint density at radius 3 is 2.18 bits per heavy atom. The fourth-order valence-electron chi connectivity index (χ4n) is 2.95. The van der Waals surface area contributed by atoms with E-state index in [2.05, 4.69) is 5.32 Å². The molecule has 2 atom stereocenters. The molecule has 0 aliphatic carbocycles. The summed E-state index contributed by atoms with van der Waals surface area (Å²) in [5.74, 6) is 1.83. The van der Waals surface area contributed by atoms with Gasteiger partial charge in [-0.15, -0.1) is 0 Å². The van der Waals surface area contributed by atoms with Crippen molar-refractivity contribution in [3.63, 3.8) is 0 Å². The lowest BCUT2D eigenvalue weighted by atomic mass is 10.0. The van der Waals surface area contributed by atoms with Crippen LogP contribution in [0.1, 0.15) is 25.7 Å². The van der Waals surface area contributed by atoms with E-state index in [1.165, 1.54) is 12.8 Å². The Hall–Kier alpha value is -1.22. The Kier molecular flexibility index (Phi) is 2.93. The first kappa shape index (κ1) is 10.9. The smallest absolute Gasteiger partial charge is 0.119 e. The van der Waals surface area contributed by atoms with Crippen molar-refractivity contribution in [1.29, 1.82) is 0 Å². The van der Waals surface area contributed by atoms with E-state index in [0.717, 1.165) is 24.3 Å². The van der Waals surface area contributed by atoms with E-state index in [0.29, 0.717) is 18.2 Å². The Morgan fingerprint density at radius 2 is 1.59 bits per heavy atom. The molecule has 0 spiro atoms. The summed E-state index contributed by atoms with van der Waals surface area (Å²) in [6, 6.07) is 9.23. The van der Waals surface area contributed by atoms with Crippen molar-refractivity contribution in [2.24, 2.45) is 0 Å². The molecule has 17 heavy (non-hydrogen) atoms. The first-order valence-corrected chi connectivity index (χ1v) is 6.40. The van der Waals surface area contributed by atoms with Gasteiger partial charge in [-0.2, -0.15) is 0 Å². The van der Waals surface area contributed by atoms with Crippen molar-refractivity contribution in [3.05, 3.63) is 24.3 Å². The highest BCUT2D eigenvalue weighted by Gasteiger charge is 2.34. The van der Waals surface area contributed by atoms with Crippen LogP contribution in [0.2, 0.25) is 0 Å². The highest BCUT2D eigenvalue weighted by molar-refractivity contribution is 5.31. The second-order valence-corrected chi connectivity index (χ2v) is 5.02. The van der Waals surface area contributed by atoms with Crippen molar-refractivity contribution in [3.8, 4) is 11.5 Å². The minimum absolute atomic E-state index is 0.377. The van der Waals surface area contributed by atoms with Crippen LogP contribution in [0.4, 0.5) is 0 Å². The summed E-state index contributed by atoms with van der Waals surface area (Å²) >= 11 is 0. The third-order valence-electron chi connectivity index (χ3n) is 3.79. The van der Waals surface area contributed by atoms with Gasteiger partial charge >= 0.3 is 0 Å². The average Bonchev–Trinajstić information content (AvgIpc) is 2.70. The molecule has 0 aromatic heterocycles. The van der Waals surface area contributed by atoms with Gasteiger partial charge < -0.3 is 14.8 Å². The van der Waals surface area contributed by atoms with Crippen LogP contribution >= 0.6 is 0 Å². The lowest BCUT2D eigenvalue weighted by Gasteiger charge is -2.29. The summed E-state index contributed by atoms with van der Waals surface area (Å²) in [5.41, 5.74) is 0. The fourth-order valence-corrected chi connectivity index (χ4v) is 2.95. The third-order valence-corrected chi connectivity index (χ3v) is 3.79. The zero-order valence-corrected chi connectivity index (χ0v) is 10.2. The highest BCUT2D eigenvalue weighted by Crippen LogP contribution is 2.30. The van der Waals surface area contributed by atoms with Gasteiger partial charge in [0.05, 0.1) is 7.11 Å². The highest BCUT2D eigenvalue weighted by atomic mass is 16.5. The van der Waals surface area contributed by atoms with Crippen LogP contribution < -0.4 is 14.8 Å². The molecule has 2 heterocycles. The van der Waals surface area contributed by atoms with Crippen LogP contribution in [0.5, 0.6) is 11.5 Å². The monoisotopic (exact) mass is 233 g/mol. The minimum atomic E-state index is 0.377. The van der Waals surface area contributed by atoms with Gasteiger partial charge in [0.2, 0.25) is 0 Å². The average molecular weight is 233 g/mol. The Balaban J connectivity index is 1.62. The first-order valence-electron chi connectivity index (χ1n) is 6.40. The molecule has 1 aromatic carbocycles. The zero-order valence-electron chi connectivity index (χ0n) is 10.2. The molecule has 2 bridgehead atoms. The fraction of sp³-hybridized carbons (Fsp3) is 0.571. The van der Waals surface area contributed by atoms with E-state index in [-0.39, 0.29) is 0 Å². The van der Waals surface area contributed by atoms with E-state index >= 15 is 0 Å². The van der Waals surface area contributed by atoms with Crippen molar-refractivity contribution in [1.82, 2.24) is 5.32 Å². The third kappa shape index (κ3) is 2.39. The first-order chi connectivity index (χ1) is 8.33. The number of methoxy groups -OCH3 is 1. The molecule has 1 N–H and O–H groups in total. The van der Waals surface area contributed by atoms with Gasteiger partial charge in [-0.25, -0.2) is 0 Å². The number of fused-ring (bicyclic) bond motifs is 2. The molecule has 2 aliphatic rings. The van der Waals surface area contributed by atoms with Crippen molar-refractivity contribution >= 4 is 0 Å². The predicted octanol–water partition coefficient (Wildman–Crippen LogP) is 2.36. The number of ether oxygens (including phenoxy) is 2. The van der Waals surface area contributed by atoms with Gasteiger partial charge in [-0.1, -0.05) is 0 Å². The lowest BCUT2D eigenvalue weighted by Crippen LogP contribution is -2.42. The molecule has 0 amide bonds. The maximum Gasteiger partial charge on any atom is 0.119 e. The Morgan fingerprint density at radius 1 is 1.00 bits per heavy atom. The molecule has 3 heteroatoms. The summed E-state index contributed by atoms with van der Waals surface area (Å²) in [7, 11) is 1.68. The quantitative estimate of drug-likeness (QED) is 0.869. The molecule has 0 saturated carbocycles. The second kappa shape index (κ2) is 4.57. The molecule has 1 aromatic rings. The molecular weight excluding hydrogens is 214 g/mol. The second-order valence-electron chi connectivity index (χ2n) is 5.02. The van der Waals surface area contributed by atoms with Crippen molar-refractivity contribution in [2.75, 3.05) is 7.11 Å². The maximum absolute atomic E-state index is 6.04. The largest absolute Gasteiger partial charge is 0.497 e. The number of rotatable bonds is 3. The van der Waals surface area contributed by atoms with Crippen LogP contribution in [-0.2, 0) is 0 Å². The molecule has 0 radical (unpaired) electrons. The lowest BCUT2D eigenvalue weighted by molar-refractivity contribution is 0.137. The summed E-state index contributed by atoms with van der Waals surface area (Å²) < 4.78 is 11.2. The van der Waals surface area contributed by atoms with Gasteiger partial charge in [0.25, 0.3) is 0 Å². The zero-order chi connectivity index (χ0) is 11.7. The molecule has 2 aliphatic heterocycles. The van der Waals surface area contributed by atoms with Crippen molar-refractivity contribution < 1.29 is 9.47 Å². The number of hydrogen-bond donors (Lipinski definition) is 1. The predicted molar refractivity (Wildman–Crippen MR) is 66.6 cm³/mol. The molecule has 2 fully saturated rings. The molecule has 2 unspecified atom stereocenters. The van der Waals surface area contributed by atoms with Gasteiger partial charge in [0.15, 0.2) is 0 Å². The van der Waals surface area contributed by atoms with Crippen LogP contribution in [0.25, 0.3) is 0 Å². The van der Waals surface area contributed by atoms with Gasteiger partial charge in [-0.3, -0.25) is 0 Å². The topological polar surface area (TPSA) is 30.5 Å². The van der Waals surface area contributed by atoms with Crippen LogP contribution in [0, 0.1) is 0 Å². The molecular formula is C14H19NO2. The van der Waals surface area contributed by atoms with Gasteiger partial charge in [0, 0.05) is 12.1 Å². The molecule has 3 rings (SSSR count). The number of nitrogens with one attached hydrogen (secondary N) is 1. The maximum atomic E-state index is 6.04. The number of piperidine rings is 1. The standard InChI is InChI=1S/C14H19NO2/c1-16-12-4-6-13(7-5-12)17-14-8-10-2-3-11(9-14)15-10/h4-7,10-11,14-15H,2-3,8-9H2,1H3. The number of benzene rings is 1. The SMILES string of the molecule is COc1ccc(OC2CC3CCC(C2)N3)cc1. The minimum Gasteiger partial charge on any atom is -0.497 e. The van der Waals surface area contributed by atoms with E-state index in [9.17, 15) is 0 Å². The summed E-state index contributed by atoms with van der Waals surface area (Å²) in [6.45, 7) is 0. The van der Waals surface area contributed by atoms with E-state index in [1.54, 1.807) is 7.11 Å². The number of hydrogen-bond acceptors (Lipinski definition) is 3. The van der Waals surface area contributed by atoms with Crippen molar-refractivity contribution in [2.45, 2.75) is 43.9 Å². The van der Waals surface area contributed by atoms with Crippen LogP contribution in [-0.4, -0.2) is 25.3 Å². The normalized spacial score (nSPS) is 31.2. The van der Waals surface area contributed by atoms with Crippen LogP contribution in [0.15, 0.2) is 24.3 Å². The molecule has 3 nitrogen and oxygen atoms in total. The molecule has 92 valence electrons. The van der Waals surface area contributed by atoms with Crippen LogP contribution in [0.3, 0.4) is 0 Å². The Bertz CT molecular complexity index is 364. The van der Waals surface area contributed by atoms with E-state index in [4.69, 9.17) is 9.47 Å². The van der Waals surface area contributed by atoms with Gasteiger partial charge in [-0.05, 0) is 49.9 Å². The molecule has 2 saturated heterocycles. The van der Waals surface area contributed by atoms with E-state index < -0.39 is 0 Å². The summed E-state index contributed by atoms with van der Waals surface area (Å²) in [4.78, 5) is 0. The van der Waals surface area contributed by atoms with Gasteiger partial charge in [0.1, 0.15) is 17.6 Å². The van der Waals surface area contributed by atoms with E-state index in [1.807, 2.05) is 24.3 Å². The summed E-state index contributed by atoms with van der Waals surface area (Å²) in [5, 5.41) is 3.62. The Labute approximate surface area is 102 Å².